The number of hydrazine groups is 1. The molecule has 0 fully saturated rings. The molecule has 1 aromatic carbocycles. The van der Waals surface area contributed by atoms with Gasteiger partial charge in [-0.2, -0.15) is 0 Å². The van der Waals surface area contributed by atoms with E-state index in [1.165, 1.54) is 11.1 Å². The predicted octanol–water partition coefficient (Wildman–Crippen LogP) is 2.33. The van der Waals surface area contributed by atoms with Crippen molar-refractivity contribution in [3.63, 3.8) is 0 Å². The van der Waals surface area contributed by atoms with Crippen molar-refractivity contribution < 1.29 is 0 Å². The fraction of sp³-hybridized carbons (Fsp3) is 0.333. The highest BCUT2D eigenvalue weighted by Gasteiger charge is 2.10. The number of hydrogen-bond donors (Lipinski definition) is 2. The van der Waals surface area contributed by atoms with Gasteiger partial charge in [-0.15, -0.1) is 6.58 Å². The van der Waals surface area contributed by atoms with Gasteiger partial charge in [0.15, 0.2) is 0 Å². The molecular formula is C12H18N2. The normalized spacial score (nSPS) is 12.4. The highest BCUT2D eigenvalue weighted by molar-refractivity contribution is 5.30. The predicted molar refractivity (Wildman–Crippen MR) is 60.7 cm³/mol. The molecule has 0 aromatic heterocycles. The van der Waals surface area contributed by atoms with E-state index in [1.807, 2.05) is 12.1 Å². The highest BCUT2D eigenvalue weighted by Crippen LogP contribution is 2.20. The van der Waals surface area contributed by atoms with Crippen molar-refractivity contribution in [1.82, 2.24) is 5.43 Å². The zero-order valence-corrected chi connectivity index (χ0v) is 8.66. The van der Waals surface area contributed by atoms with Crippen molar-refractivity contribution in [3.05, 3.63) is 48.0 Å². The Labute approximate surface area is 85.8 Å². The quantitative estimate of drug-likeness (QED) is 0.425. The molecule has 1 unspecified atom stereocenters. The van der Waals surface area contributed by atoms with Crippen LogP contribution in [0.4, 0.5) is 0 Å². The van der Waals surface area contributed by atoms with E-state index < -0.39 is 0 Å². The second-order valence-corrected chi connectivity index (χ2v) is 3.30. The molecule has 0 amide bonds. The SMILES string of the molecule is C=CCC(NN)c1ccccc1CC. The molecule has 0 aliphatic heterocycles. The topological polar surface area (TPSA) is 38.0 Å². The summed E-state index contributed by atoms with van der Waals surface area (Å²) in [4.78, 5) is 0. The van der Waals surface area contributed by atoms with E-state index in [0.717, 1.165) is 12.8 Å². The van der Waals surface area contributed by atoms with Crippen LogP contribution in [-0.4, -0.2) is 0 Å². The minimum atomic E-state index is 0.184. The van der Waals surface area contributed by atoms with Crippen LogP contribution in [0.3, 0.4) is 0 Å². The third-order valence-corrected chi connectivity index (χ3v) is 2.41. The Kier molecular flexibility index (Phi) is 4.36. The van der Waals surface area contributed by atoms with E-state index in [0.29, 0.717) is 0 Å². The molecule has 0 radical (unpaired) electrons. The summed E-state index contributed by atoms with van der Waals surface area (Å²) < 4.78 is 0. The molecule has 0 heterocycles. The maximum absolute atomic E-state index is 5.52. The molecule has 0 saturated carbocycles. The van der Waals surface area contributed by atoms with Crippen LogP contribution in [0.15, 0.2) is 36.9 Å². The van der Waals surface area contributed by atoms with Crippen LogP contribution in [0.2, 0.25) is 0 Å². The molecule has 2 heteroatoms. The molecule has 0 spiro atoms. The average Bonchev–Trinajstić information content (AvgIpc) is 2.26. The monoisotopic (exact) mass is 190 g/mol. The summed E-state index contributed by atoms with van der Waals surface area (Å²) in [7, 11) is 0. The molecule has 1 aromatic rings. The Hall–Kier alpha value is -1.12. The van der Waals surface area contributed by atoms with Crippen LogP contribution in [-0.2, 0) is 6.42 Å². The van der Waals surface area contributed by atoms with E-state index in [9.17, 15) is 0 Å². The highest BCUT2D eigenvalue weighted by atomic mass is 15.2. The third-order valence-electron chi connectivity index (χ3n) is 2.41. The van der Waals surface area contributed by atoms with Crippen LogP contribution in [0.5, 0.6) is 0 Å². The first kappa shape index (κ1) is 11.0. The van der Waals surface area contributed by atoms with Gasteiger partial charge in [0.1, 0.15) is 0 Å². The van der Waals surface area contributed by atoms with Gasteiger partial charge in [0.25, 0.3) is 0 Å². The Morgan fingerprint density at radius 1 is 1.50 bits per heavy atom. The Morgan fingerprint density at radius 3 is 2.79 bits per heavy atom. The second-order valence-electron chi connectivity index (χ2n) is 3.30. The van der Waals surface area contributed by atoms with Gasteiger partial charge in [-0.05, 0) is 24.0 Å². The van der Waals surface area contributed by atoms with E-state index in [1.54, 1.807) is 0 Å². The standard InChI is InChI=1S/C12H18N2/c1-3-7-12(14-13)11-9-6-5-8-10(11)4-2/h3,5-6,8-9,12,14H,1,4,7,13H2,2H3. The van der Waals surface area contributed by atoms with E-state index in [2.05, 4.69) is 37.1 Å². The molecular weight excluding hydrogens is 172 g/mol. The number of nitrogens with two attached hydrogens (primary N) is 1. The summed E-state index contributed by atoms with van der Waals surface area (Å²) in [6, 6.07) is 8.55. The minimum absolute atomic E-state index is 0.184. The summed E-state index contributed by atoms with van der Waals surface area (Å²) in [6.07, 6.45) is 3.77. The average molecular weight is 190 g/mol. The van der Waals surface area contributed by atoms with Crippen molar-refractivity contribution in [2.75, 3.05) is 0 Å². The largest absolute Gasteiger partial charge is 0.271 e. The summed E-state index contributed by atoms with van der Waals surface area (Å²) in [5.74, 6) is 5.52. The van der Waals surface area contributed by atoms with Gasteiger partial charge in [0.2, 0.25) is 0 Å². The zero-order valence-electron chi connectivity index (χ0n) is 8.66. The molecule has 14 heavy (non-hydrogen) atoms. The van der Waals surface area contributed by atoms with E-state index in [-0.39, 0.29) is 6.04 Å². The Balaban J connectivity index is 2.95. The maximum atomic E-state index is 5.52. The van der Waals surface area contributed by atoms with Crippen LogP contribution < -0.4 is 11.3 Å². The van der Waals surface area contributed by atoms with Gasteiger partial charge >= 0.3 is 0 Å². The van der Waals surface area contributed by atoms with E-state index in [4.69, 9.17) is 5.84 Å². The minimum Gasteiger partial charge on any atom is -0.271 e. The maximum Gasteiger partial charge on any atom is 0.0497 e. The molecule has 3 N–H and O–H groups in total. The van der Waals surface area contributed by atoms with Crippen LogP contribution in [0, 0.1) is 0 Å². The summed E-state index contributed by atoms with van der Waals surface area (Å²) >= 11 is 0. The van der Waals surface area contributed by atoms with Gasteiger partial charge in [-0.1, -0.05) is 37.3 Å². The van der Waals surface area contributed by atoms with Crippen LogP contribution in [0.25, 0.3) is 0 Å². The van der Waals surface area contributed by atoms with Crippen molar-refractivity contribution >= 4 is 0 Å². The first-order valence-corrected chi connectivity index (χ1v) is 4.98. The molecule has 0 saturated heterocycles. The fourth-order valence-corrected chi connectivity index (χ4v) is 1.65. The fourth-order valence-electron chi connectivity index (χ4n) is 1.65. The smallest absolute Gasteiger partial charge is 0.0497 e. The third kappa shape index (κ3) is 2.44. The van der Waals surface area contributed by atoms with E-state index >= 15 is 0 Å². The van der Waals surface area contributed by atoms with Gasteiger partial charge < -0.3 is 0 Å². The number of benzene rings is 1. The lowest BCUT2D eigenvalue weighted by atomic mass is 9.97. The van der Waals surface area contributed by atoms with Gasteiger partial charge in [0, 0.05) is 6.04 Å². The number of hydrogen-bond acceptors (Lipinski definition) is 2. The molecule has 0 aliphatic rings. The van der Waals surface area contributed by atoms with Crippen LogP contribution >= 0.6 is 0 Å². The van der Waals surface area contributed by atoms with Crippen molar-refractivity contribution in [2.24, 2.45) is 5.84 Å². The van der Waals surface area contributed by atoms with Gasteiger partial charge in [-0.3, -0.25) is 11.3 Å². The molecule has 1 atom stereocenters. The van der Waals surface area contributed by atoms with Gasteiger partial charge in [0.05, 0.1) is 0 Å². The van der Waals surface area contributed by atoms with Crippen LogP contribution in [0.1, 0.15) is 30.5 Å². The summed E-state index contributed by atoms with van der Waals surface area (Å²) in [5, 5.41) is 0. The number of rotatable bonds is 5. The Bertz CT molecular complexity index is 294. The lowest BCUT2D eigenvalue weighted by molar-refractivity contribution is 0.557. The van der Waals surface area contributed by atoms with Crippen molar-refractivity contribution in [1.29, 1.82) is 0 Å². The molecule has 2 nitrogen and oxygen atoms in total. The van der Waals surface area contributed by atoms with Gasteiger partial charge in [-0.25, -0.2) is 0 Å². The number of nitrogens with one attached hydrogen (secondary N) is 1. The summed E-state index contributed by atoms with van der Waals surface area (Å²) in [5.41, 5.74) is 5.44. The van der Waals surface area contributed by atoms with Crippen molar-refractivity contribution in [3.8, 4) is 0 Å². The van der Waals surface area contributed by atoms with Crippen molar-refractivity contribution in [2.45, 2.75) is 25.8 Å². The Morgan fingerprint density at radius 2 is 2.21 bits per heavy atom. The first-order chi connectivity index (χ1) is 6.83. The molecule has 0 aliphatic carbocycles. The molecule has 76 valence electrons. The lowest BCUT2D eigenvalue weighted by Crippen LogP contribution is -2.28. The summed E-state index contributed by atoms with van der Waals surface area (Å²) in [6.45, 7) is 5.89. The second kappa shape index (κ2) is 5.58. The molecule has 0 bridgehead atoms. The zero-order chi connectivity index (χ0) is 10.4. The molecule has 1 rings (SSSR count). The number of aryl methyl sites for hydroxylation is 1. The first-order valence-electron chi connectivity index (χ1n) is 4.98. The lowest BCUT2D eigenvalue weighted by Gasteiger charge is -2.17.